The van der Waals surface area contributed by atoms with Gasteiger partial charge in [-0.15, -0.1) is 0 Å². The van der Waals surface area contributed by atoms with E-state index in [9.17, 15) is 23.3 Å². The fraction of sp³-hybridized carbons (Fsp3) is 0.107. The number of ether oxygens (including phenoxy) is 3. The molecule has 0 saturated heterocycles. The Labute approximate surface area is 235 Å². The van der Waals surface area contributed by atoms with Gasteiger partial charge in [-0.3, -0.25) is 15.1 Å². The molecule has 4 rings (SSSR count). The molecule has 0 fully saturated rings. The summed E-state index contributed by atoms with van der Waals surface area (Å²) >= 11 is 1.96. The van der Waals surface area contributed by atoms with Gasteiger partial charge in [0.15, 0.2) is 11.5 Å². The summed E-state index contributed by atoms with van der Waals surface area (Å²) in [6.45, 7) is 2.00. The van der Waals surface area contributed by atoms with Crippen molar-refractivity contribution in [3.63, 3.8) is 0 Å². The third-order valence-electron chi connectivity index (χ3n) is 5.20. The highest BCUT2D eigenvalue weighted by atomic mass is 127. The topological polar surface area (TPSA) is 83.2 Å². The molecule has 0 atom stereocenters. The Hall–Kier alpha value is -4.13. The molecule has 200 valence electrons. The summed E-state index contributed by atoms with van der Waals surface area (Å²) in [5, 5.41) is 11.5. The van der Waals surface area contributed by atoms with Crippen molar-refractivity contribution in [1.29, 1.82) is 0 Å². The van der Waals surface area contributed by atoms with Crippen LogP contribution < -0.4 is 14.2 Å². The second-order valence-electron chi connectivity index (χ2n) is 7.97. The lowest BCUT2D eigenvalue weighted by atomic mass is 10.1. The lowest BCUT2D eigenvalue weighted by molar-refractivity contribution is -0.385. The molecule has 39 heavy (non-hydrogen) atoms. The van der Waals surface area contributed by atoms with Gasteiger partial charge in [-0.25, -0.2) is 0 Å². The molecule has 0 N–H and O–H groups in total. The zero-order valence-corrected chi connectivity index (χ0v) is 22.5. The Morgan fingerprint density at radius 3 is 2.26 bits per heavy atom. The average Bonchev–Trinajstić information content (AvgIpc) is 2.90. The minimum Gasteiger partial charge on any atom is -0.490 e. The number of hydrogen-bond donors (Lipinski definition) is 0. The summed E-state index contributed by atoms with van der Waals surface area (Å²) in [6, 6.07) is 22.0. The van der Waals surface area contributed by atoms with Gasteiger partial charge in [0.1, 0.15) is 11.5 Å². The van der Waals surface area contributed by atoms with Crippen molar-refractivity contribution < 1.29 is 32.3 Å². The van der Waals surface area contributed by atoms with Crippen LogP contribution in [0.2, 0.25) is 0 Å². The predicted molar refractivity (Wildman–Crippen MR) is 149 cm³/mol. The first kappa shape index (κ1) is 27.9. The van der Waals surface area contributed by atoms with E-state index in [0.29, 0.717) is 26.6 Å². The van der Waals surface area contributed by atoms with Crippen molar-refractivity contribution in [1.82, 2.24) is 0 Å². The monoisotopic (exact) mass is 648 g/mol. The zero-order chi connectivity index (χ0) is 28.0. The molecule has 0 unspecified atom stereocenters. The standard InChI is InChI=1S/C28H20F3IN2O5/c1-2-37-26-15-18(17-33-20-9-11-22(12-10-20)38-21-6-4-3-5-7-21)14-23(32)27(26)39-25-13-8-19(28(29,30)31)16-24(25)34(35)36/h3-17H,2H2,1H3. The molecule has 0 saturated carbocycles. The minimum atomic E-state index is -4.73. The number of nitrogens with zero attached hydrogens (tertiary/aromatic N) is 2. The van der Waals surface area contributed by atoms with Crippen LogP contribution in [0.15, 0.2) is 89.9 Å². The molecule has 7 nitrogen and oxygen atoms in total. The molecule has 0 bridgehead atoms. The first-order valence-corrected chi connectivity index (χ1v) is 12.6. The van der Waals surface area contributed by atoms with Crippen LogP contribution in [0.25, 0.3) is 0 Å². The number of rotatable bonds is 9. The van der Waals surface area contributed by atoms with Gasteiger partial charge < -0.3 is 14.2 Å². The fourth-order valence-corrected chi connectivity index (χ4v) is 4.17. The molecule has 0 aliphatic carbocycles. The van der Waals surface area contributed by atoms with Gasteiger partial charge >= 0.3 is 11.9 Å². The van der Waals surface area contributed by atoms with E-state index in [0.717, 1.165) is 17.9 Å². The molecule has 4 aromatic carbocycles. The Morgan fingerprint density at radius 1 is 0.923 bits per heavy atom. The van der Waals surface area contributed by atoms with E-state index < -0.39 is 22.4 Å². The van der Waals surface area contributed by atoms with Gasteiger partial charge in [0.05, 0.1) is 26.4 Å². The molecule has 4 aromatic rings. The number of nitro groups is 1. The maximum Gasteiger partial charge on any atom is 0.416 e. The first-order valence-electron chi connectivity index (χ1n) is 11.5. The highest BCUT2D eigenvalue weighted by Crippen LogP contribution is 2.42. The second-order valence-corrected chi connectivity index (χ2v) is 9.13. The molecule has 0 aromatic heterocycles. The Balaban J connectivity index is 1.57. The van der Waals surface area contributed by atoms with Crippen LogP contribution in [-0.2, 0) is 6.18 Å². The smallest absolute Gasteiger partial charge is 0.416 e. The SMILES string of the molecule is CCOc1cc(C=Nc2ccc(Oc3ccccc3)cc2)cc(I)c1Oc1ccc(C(F)(F)F)cc1[N+](=O)[O-]. The van der Waals surface area contributed by atoms with Crippen molar-refractivity contribution in [3.05, 3.63) is 110 Å². The van der Waals surface area contributed by atoms with E-state index in [1.54, 1.807) is 49.5 Å². The predicted octanol–water partition coefficient (Wildman–Crippen LogP) is 8.95. The van der Waals surface area contributed by atoms with Crippen LogP contribution in [0.1, 0.15) is 18.1 Å². The van der Waals surface area contributed by atoms with E-state index in [2.05, 4.69) is 4.99 Å². The highest BCUT2D eigenvalue weighted by Gasteiger charge is 2.33. The van der Waals surface area contributed by atoms with Crippen molar-refractivity contribution in [3.8, 4) is 28.7 Å². The molecular weight excluding hydrogens is 628 g/mol. The van der Waals surface area contributed by atoms with Crippen molar-refractivity contribution >= 4 is 40.2 Å². The van der Waals surface area contributed by atoms with Gasteiger partial charge in [-0.05, 0) is 95.7 Å². The summed E-state index contributed by atoms with van der Waals surface area (Å²) in [7, 11) is 0. The third kappa shape index (κ3) is 7.25. The number of benzene rings is 4. The zero-order valence-electron chi connectivity index (χ0n) is 20.3. The Kier molecular flexibility index (Phi) is 8.69. The van der Waals surface area contributed by atoms with Crippen LogP contribution in [0.3, 0.4) is 0 Å². The molecule has 0 heterocycles. The molecule has 0 radical (unpaired) electrons. The molecule has 0 amide bonds. The van der Waals surface area contributed by atoms with Crippen molar-refractivity contribution in [2.75, 3.05) is 6.61 Å². The summed E-state index contributed by atoms with van der Waals surface area (Å²) in [5.41, 5.74) is -0.633. The molecule has 0 aliphatic heterocycles. The van der Waals surface area contributed by atoms with Gasteiger partial charge in [0.25, 0.3) is 0 Å². The Morgan fingerprint density at radius 2 is 1.62 bits per heavy atom. The number of aliphatic imine (C=N–C) groups is 1. The van der Waals surface area contributed by atoms with E-state index in [1.165, 1.54) is 0 Å². The van der Waals surface area contributed by atoms with Crippen LogP contribution in [-0.4, -0.2) is 17.7 Å². The third-order valence-corrected chi connectivity index (χ3v) is 6.01. The molecule has 0 spiro atoms. The van der Waals surface area contributed by atoms with E-state index in [4.69, 9.17) is 14.2 Å². The van der Waals surface area contributed by atoms with Gasteiger partial charge in [0, 0.05) is 12.3 Å². The van der Waals surface area contributed by atoms with Gasteiger partial charge in [-0.1, -0.05) is 18.2 Å². The van der Waals surface area contributed by atoms with Crippen LogP contribution in [0.4, 0.5) is 24.5 Å². The lowest BCUT2D eigenvalue weighted by Gasteiger charge is -2.15. The van der Waals surface area contributed by atoms with Gasteiger partial charge in [0.2, 0.25) is 5.75 Å². The maximum absolute atomic E-state index is 13.1. The number of para-hydroxylation sites is 1. The number of alkyl halides is 3. The fourth-order valence-electron chi connectivity index (χ4n) is 3.43. The number of hydrogen-bond acceptors (Lipinski definition) is 6. The number of halogens is 4. The van der Waals surface area contributed by atoms with Crippen LogP contribution in [0.5, 0.6) is 28.7 Å². The normalized spacial score (nSPS) is 11.4. The van der Waals surface area contributed by atoms with Gasteiger partial charge in [-0.2, -0.15) is 13.2 Å². The van der Waals surface area contributed by atoms with Crippen LogP contribution in [0, 0.1) is 13.7 Å². The molecule has 11 heteroatoms. The van der Waals surface area contributed by atoms with E-state index in [-0.39, 0.29) is 23.9 Å². The maximum atomic E-state index is 13.1. The number of nitro benzene ring substituents is 1. The summed E-state index contributed by atoms with van der Waals surface area (Å²) < 4.78 is 56.9. The van der Waals surface area contributed by atoms with E-state index >= 15 is 0 Å². The average molecular weight is 648 g/mol. The van der Waals surface area contributed by atoms with E-state index in [1.807, 2.05) is 52.9 Å². The minimum absolute atomic E-state index is 0.139. The largest absolute Gasteiger partial charge is 0.490 e. The van der Waals surface area contributed by atoms with Crippen LogP contribution >= 0.6 is 22.6 Å². The molecular formula is C28H20F3IN2O5. The second kappa shape index (κ2) is 12.2. The molecule has 0 aliphatic rings. The summed E-state index contributed by atoms with van der Waals surface area (Å²) in [5.74, 6) is 1.43. The lowest BCUT2D eigenvalue weighted by Crippen LogP contribution is -2.06. The first-order chi connectivity index (χ1) is 18.6. The quantitative estimate of drug-likeness (QED) is 0.0784. The summed E-state index contributed by atoms with van der Waals surface area (Å²) in [6.07, 6.45) is -3.12. The Bertz CT molecular complexity index is 1490. The highest BCUT2D eigenvalue weighted by molar-refractivity contribution is 14.1. The van der Waals surface area contributed by atoms with Crippen molar-refractivity contribution in [2.24, 2.45) is 4.99 Å². The summed E-state index contributed by atoms with van der Waals surface area (Å²) in [4.78, 5) is 15.0. The van der Waals surface area contributed by atoms with Crippen molar-refractivity contribution in [2.45, 2.75) is 13.1 Å².